The van der Waals surface area contributed by atoms with Gasteiger partial charge in [0.05, 0.1) is 6.61 Å². The van der Waals surface area contributed by atoms with Crippen LogP contribution in [0.25, 0.3) is 0 Å². The highest BCUT2D eigenvalue weighted by atomic mass is 19.1. The SMILES string of the molecule is Cc1ccc(CN2CCC(N)(CO)CC2)c(F)c1. The van der Waals surface area contributed by atoms with E-state index in [9.17, 15) is 9.50 Å². The maximum Gasteiger partial charge on any atom is 0.127 e. The van der Waals surface area contributed by atoms with Gasteiger partial charge in [0.25, 0.3) is 0 Å². The van der Waals surface area contributed by atoms with Crippen molar-refractivity contribution in [2.75, 3.05) is 19.7 Å². The van der Waals surface area contributed by atoms with Crippen molar-refractivity contribution in [2.45, 2.75) is 31.8 Å². The molecule has 1 aliphatic rings. The fourth-order valence-corrected chi connectivity index (χ4v) is 2.34. The fraction of sp³-hybridized carbons (Fsp3) is 0.571. The summed E-state index contributed by atoms with van der Waals surface area (Å²) < 4.78 is 13.7. The molecule has 1 aromatic rings. The van der Waals surface area contributed by atoms with Crippen LogP contribution in [0.4, 0.5) is 4.39 Å². The average Bonchev–Trinajstić information content (AvgIpc) is 2.36. The lowest BCUT2D eigenvalue weighted by atomic mass is 9.89. The molecule has 0 aliphatic carbocycles. The Kier molecular flexibility index (Phi) is 4.00. The molecule has 1 heterocycles. The number of hydrogen-bond acceptors (Lipinski definition) is 3. The molecule has 1 saturated heterocycles. The molecule has 4 heteroatoms. The molecule has 0 spiro atoms. The van der Waals surface area contributed by atoms with Crippen LogP contribution in [0.15, 0.2) is 18.2 Å². The Balaban J connectivity index is 1.95. The molecule has 0 saturated carbocycles. The molecular weight excluding hydrogens is 231 g/mol. The number of hydrogen-bond donors (Lipinski definition) is 2. The summed E-state index contributed by atoms with van der Waals surface area (Å²) in [4.78, 5) is 2.19. The third-order valence-electron chi connectivity index (χ3n) is 3.77. The quantitative estimate of drug-likeness (QED) is 0.855. The monoisotopic (exact) mass is 252 g/mol. The van der Waals surface area contributed by atoms with Crippen LogP contribution < -0.4 is 5.73 Å². The molecule has 3 N–H and O–H groups in total. The molecular formula is C14H21FN2O. The molecule has 0 radical (unpaired) electrons. The maximum absolute atomic E-state index is 13.7. The van der Waals surface area contributed by atoms with Crippen molar-refractivity contribution in [1.82, 2.24) is 4.90 Å². The number of nitrogens with zero attached hydrogens (tertiary/aromatic N) is 1. The van der Waals surface area contributed by atoms with Gasteiger partial charge < -0.3 is 10.8 Å². The molecule has 1 aliphatic heterocycles. The van der Waals surface area contributed by atoms with Crippen LogP contribution in [0.1, 0.15) is 24.0 Å². The Hall–Kier alpha value is -0.970. The van der Waals surface area contributed by atoms with Crippen molar-refractivity contribution in [3.8, 4) is 0 Å². The topological polar surface area (TPSA) is 49.5 Å². The van der Waals surface area contributed by atoms with Crippen LogP contribution >= 0.6 is 0 Å². The van der Waals surface area contributed by atoms with E-state index in [1.165, 1.54) is 0 Å². The summed E-state index contributed by atoms with van der Waals surface area (Å²) in [6, 6.07) is 5.35. The Bertz CT molecular complexity index is 414. The van der Waals surface area contributed by atoms with Gasteiger partial charge in [-0.15, -0.1) is 0 Å². The first-order valence-electron chi connectivity index (χ1n) is 6.39. The van der Waals surface area contributed by atoms with Gasteiger partial charge in [0.2, 0.25) is 0 Å². The second-order valence-electron chi connectivity index (χ2n) is 5.39. The Morgan fingerprint density at radius 3 is 2.61 bits per heavy atom. The van der Waals surface area contributed by atoms with Crippen molar-refractivity contribution in [3.05, 3.63) is 35.1 Å². The molecule has 0 unspecified atom stereocenters. The molecule has 1 aromatic carbocycles. The van der Waals surface area contributed by atoms with Gasteiger partial charge in [-0.25, -0.2) is 4.39 Å². The van der Waals surface area contributed by atoms with Gasteiger partial charge in [0, 0.05) is 30.7 Å². The summed E-state index contributed by atoms with van der Waals surface area (Å²) in [6.07, 6.45) is 1.52. The van der Waals surface area contributed by atoms with Crippen molar-refractivity contribution < 1.29 is 9.50 Å². The highest BCUT2D eigenvalue weighted by molar-refractivity contribution is 5.23. The smallest absolute Gasteiger partial charge is 0.127 e. The van der Waals surface area contributed by atoms with Gasteiger partial charge in [0.15, 0.2) is 0 Å². The minimum Gasteiger partial charge on any atom is -0.394 e. The van der Waals surface area contributed by atoms with Gasteiger partial charge in [-0.05, 0) is 31.4 Å². The molecule has 18 heavy (non-hydrogen) atoms. The van der Waals surface area contributed by atoms with E-state index in [-0.39, 0.29) is 12.4 Å². The zero-order valence-corrected chi connectivity index (χ0v) is 10.8. The number of nitrogens with two attached hydrogens (primary N) is 1. The predicted octanol–water partition coefficient (Wildman–Crippen LogP) is 1.42. The number of aryl methyl sites for hydroxylation is 1. The van der Waals surface area contributed by atoms with Crippen molar-refractivity contribution >= 4 is 0 Å². The number of halogens is 1. The summed E-state index contributed by atoms with van der Waals surface area (Å²) in [6.45, 7) is 4.15. The van der Waals surface area contributed by atoms with Gasteiger partial charge in [-0.3, -0.25) is 4.90 Å². The first kappa shape index (κ1) is 13.5. The summed E-state index contributed by atoms with van der Waals surface area (Å²) in [5.41, 5.74) is 7.24. The van der Waals surface area contributed by atoms with Crippen LogP contribution in [0.5, 0.6) is 0 Å². The zero-order chi connectivity index (χ0) is 13.2. The summed E-state index contributed by atoms with van der Waals surface area (Å²) in [5.74, 6) is -0.137. The molecule has 2 rings (SSSR count). The molecule has 100 valence electrons. The fourth-order valence-electron chi connectivity index (χ4n) is 2.34. The minimum atomic E-state index is -0.442. The Labute approximate surface area is 107 Å². The third kappa shape index (κ3) is 3.07. The number of likely N-dealkylation sites (tertiary alicyclic amines) is 1. The second kappa shape index (κ2) is 5.34. The zero-order valence-electron chi connectivity index (χ0n) is 10.8. The second-order valence-corrected chi connectivity index (χ2v) is 5.39. The summed E-state index contributed by atoms with van der Waals surface area (Å²) in [7, 11) is 0. The molecule has 0 atom stereocenters. The Morgan fingerprint density at radius 2 is 2.06 bits per heavy atom. The normalized spacial score (nSPS) is 20.0. The van der Waals surface area contributed by atoms with Gasteiger partial charge in [-0.2, -0.15) is 0 Å². The van der Waals surface area contributed by atoms with E-state index < -0.39 is 5.54 Å². The highest BCUT2D eigenvalue weighted by Crippen LogP contribution is 2.21. The predicted molar refractivity (Wildman–Crippen MR) is 69.7 cm³/mol. The summed E-state index contributed by atoms with van der Waals surface area (Å²) >= 11 is 0. The standard InChI is InChI=1S/C14H21FN2O/c1-11-2-3-12(13(15)8-11)9-17-6-4-14(16,10-18)5-7-17/h2-3,8,18H,4-7,9-10,16H2,1H3. The summed E-state index contributed by atoms with van der Waals surface area (Å²) in [5, 5.41) is 9.20. The van der Waals surface area contributed by atoms with E-state index in [0.29, 0.717) is 6.54 Å². The van der Waals surface area contributed by atoms with E-state index in [1.54, 1.807) is 6.07 Å². The van der Waals surface area contributed by atoms with E-state index in [2.05, 4.69) is 4.90 Å². The van der Waals surface area contributed by atoms with Gasteiger partial charge >= 0.3 is 0 Å². The highest BCUT2D eigenvalue weighted by Gasteiger charge is 2.29. The molecule has 1 fully saturated rings. The van der Waals surface area contributed by atoms with E-state index >= 15 is 0 Å². The molecule has 3 nitrogen and oxygen atoms in total. The minimum absolute atomic E-state index is 0.0275. The van der Waals surface area contributed by atoms with E-state index in [1.807, 2.05) is 19.1 Å². The van der Waals surface area contributed by atoms with Crippen molar-refractivity contribution in [2.24, 2.45) is 5.73 Å². The van der Waals surface area contributed by atoms with Crippen LogP contribution in [-0.2, 0) is 6.54 Å². The Morgan fingerprint density at radius 1 is 1.39 bits per heavy atom. The first-order valence-corrected chi connectivity index (χ1v) is 6.39. The van der Waals surface area contributed by atoms with Crippen molar-refractivity contribution in [3.63, 3.8) is 0 Å². The first-order chi connectivity index (χ1) is 8.52. The molecule has 0 amide bonds. The number of aliphatic hydroxyl groups excluding tert-OH is 1. The van der Waals surface area contributed by atoms with E-state index in [4.69, 9.17) is 5.73 Å². The largest absolute Gasteiger partial charge is 0.394 e. The average molecular weight is 252 g/mol. The lowest BCUT2D eigenvalue weighted by Crippen LogP contribution is -2.52. The van der Waals surface area contributed by atoms with Gasteiger partial charge in [0.1, 0.15) is 5.82 Å². The lowest BCUT2D eigenvalue weighted by Gasteiger charge is -2.38. The van der Waals surface area contributed by atoms with Gasteiger partial charge in [-0.1, -0.05) is 12.1 Å². The van der Waals surface area contributed by atoms with Crippen LogP contribution in [0, 0.1) is 12.7 Å². The third-order valence-corrected chi connectivity index (χ3v) is 3.77. The van der Waals surface area contributed by atoms with Crippen LogP contribution in [0.2, 0.25) is 0 Å². The number of rotatable bonds is 3. The number of benzene rings is 1. The maximum atomic E-state index is 13.7. The molecule has 0 aromatic heterocycles. The van der Waals surface area contributed by atoms with Crippen LogP contribution in [0.3, 0.4) is 0 Å². The lowest BCUT2D eigenvalue weighted by molar-refractivity contribution is 0.102. The van der Waals surface area contributed by atoms with E-state index in [0.717, 1.165) is 37.1 Å². The van der Waals surface area contributed by atoms with Crippen molar-refractivity contribution in [1.29, 1.82) is 0 Å². The molecule has 0 bridgehead atoms. The van der Waals surface area contributed by atoms with Crippen LogP contribution in [-0.4, -0.2) is 35.2 Å². The number of aliphatic hydroxyl groups is 1. The number of piperidine rings is 1.